The van der Waals surface area contributed by atoms with Crippen molar-refractivity contribution in [3.63, 3.8) is 0 Å². The van der Waals surface area contributed by atoms with E-state index in [1.165, 1.54) is 55.2 Å². The second-order valence-corrected chi connectivity index (χ2v) is 10.0. The topological polar surface area (TPSA) is 27.0 Å². The molecule has 2 aliphatic rings. The van der Waals surface area contributed by atoms with Crippen molar-refractivity contribution in [3.05, 3.63) is 64.8 Å². The van der Waals surface area contributed by atoms with Gasteiger partial charge >= 0.3 is 0 Å². The predicted octanol–water partition coefficient (Wildman–Crippen LogP) is 7.47. The highest BCUT2D eigenvalue weighted by atomic mass is 15.1. The Labute approximate surface area is 190 Å². The van der Waals surface area contributed by atoms with Crippen molar-refractivity contribution in [1.82, 2.24) is 4.90 Å². The van der Waals surface area contributed by atoms with E-state index < -0.39 is 0 Å². The zero-order valence-corrected chi connectivity index (χ0v) is 20.1. The molecule has 166 valence electrons. The lowest BCUT2D eigenvalue weighted by molar-refractivity contribution is 0.122. The van der Waals surface area contributed by atoms with Crippen LogP contribution in [-0.4, -0.2) is 18.0 Å². The quantitative estimate of drug-likeness (QED) is 0.461. The first kappa shape index (κ1) is 23.4. The number of piperidine rings is 1. The highest BCUT2D eigenvalue weighted by molar-refractivity contribution is 5.63. The molecule has 1 fully saturated rings. The summed E-state index contributed by atoms with van der Waals surface area (Å²) in [4.78, 5) is 2.48. The largest absolute Gasteiger partial charge is 0.371 e. The van der Waals surface area contributed by atoms with Crippen molar-refractivity contribution in [1.29, 1.82) is 5.26 Å². The molecule has 1 aromatic carbocycles. The Morgan fingerprint density at radius 2 is 1.97 bits per heavy atom. The molecule has 2 nitrogen and oxygen atoms in total. The number of nitriles is 1. The van der Waals surface area contributed by atoms with E-state index in [4.69, 9.17) is 0 Å². The van der Waals surface area contributed by atoms with Gasteiger partial charge in [-0.25, -0.2) is 0 Å². The Bertz CT molecular complexity index is 886. The normalized spacial score (nSPS) is 18.8. The minimum Gasteiger partial charge on any atom is -0.371 e. The monoisotopic (exact) mass is 416 g/mol. The van der Waals surface area contributed by atoms with Crippen LogP contribution in [0.2, 0.25) is 0 Å². The van der Waals surface area contributed by atoms with E-state index >= 15 is 0 Å². The summed E-state index contributed by atoms with van der Waals surface area (Å²) in [6.45, 7) is 15.6. The molecule has 0 N–H and O–H groups in total. The number of allylic oxidation sites excluding steroid dienone is 4. The average molecular weight is 417 g/mol. The number of hydrogen-bond donors (Lipinski definition) is 0. The second-order valence-electron chi connectivity index (χ2n) is 10.0. The summed E-state index contributed by atoms with van der Waals surface area (Å²) < 4.78 is 0. The van der Waals surface area contributed by atoms with Gasteiger partial charge in [0.25, 0.3) is 0 Å². The van der Waals surface area contributed by atoms with Gasteiger partial charge in [-0.1, -0.05) is 57.2 Å². The molecule has 0 unspecified atom stereocenters. The molecule has 2 heteroatoms. The Hall–Kier alpha value is -2.27. The van der Waals surface area contributed by atoms with Crippen LogP contribution >= 0.6 is 0 Å². The summed E-state index contributed by atoms with van der Waals surface area (Å²) in [5.74, 6) is 0.593. The zero-order valence-electron chi connectivity index (χ0n) is 20.1. The van der Waals surface area contributed by atoms with Crippen LogP contribution in [0.3, 0.4) is 0 Å². The lowest BCUT2D eigenvalue weighted by Gasteiger charge is -2.46. The van der Waals surface area contributed by atoms with Crippen molar-refractivity contribution in [2.24, 2.45) is 11.3 Å². The predicted molar refractivity (Wildman–Crippen MR) is 133 cm³/mol. The number of likely N-dealkylation sites (tertiary alicyclic amines) is 1. The number of benzene rings is 1. The van der Waals surface area contributed by atoms with Gasteiger partial charge in [-0.2, -0.15) is 5.26 Å². The minimum absolute atomic E-state index is 0.479. The zero-order chi connectivity index (χ0) is 22.4. The molecule has 1 aliphatic heterocycles. The van der Waals surface area contributed by atoms with E-state index in [-0.39, 0.29) is 0 Å². The first-order valence-corrected chi connectivity index (χ1v) is 12.2. The molecule has 0 radical (unpaired) electrons. The molecule has 0 aromatic heterocycles. The van der Waals surface area contributed by atoms with Gasteiger partial charge in [-0.3, -0.25) is 0 Å². The molecule has 0 atom stereocenters. The van der Waals surface area contributed by atoms with Crippen LogP contribution in [-0.2, 0) is 12.8 Å². The van der Waals surface area contributed by atoms with Crippen molar-refractivity contribution < 1.29 is 0 Å². The van der Waals surface area contributed by atoms with Crippen LogP contribution in [0.5, 0.6) is 0 Å². The first-order valence-electron chi connectivity index (χ1n) is 12.2. The molecule has 1 aliphatic carbocycles. The van der Waals surface area contributed by atoms with Crippen molar-refractivity contribution >= 4 is 5.70 Å². The highest BCUT2D eigenvalue weighted by Crippen LogP contribution is 2.48. The van der Waals surface area contributed by atoms with E-state index in [1.807, 2.05) is 0 Å². The van der Waals surface area contributed by atoms with Crippen LogP contribution in [0.4, 0.5) is 0 Å². The molecular weight excluding hydrogens is 376 g/mol. The summed E-state index contributed by atoms with van der Waals surface area (Å²) in [5, 5.41) is 9.30. The third kappa shape index (κ3) is 5.51. The summed E-state index contributed by atoms with van der Waals surface area (Å²) >= 11 is 0. The van der Waals surface area contributed by atoms with Gasteiger partial charge < -0.3 is 4.90 Å². The Morgan fingerprint density at radius 3 is 2.58 bits per heavy atom. The summed E-state index contributed by atoms with van der Waals surface area (Å²) in [5.41, 5.74) is 8.55. The third-order valence-electron chi connectivity index (χ3n) is 7.40. The fraction of sp³-hybridized carbons (Fsp3) is 0.552. The van der Waals surface area contributed by atoms with E-state index in [2.05, 4.69) is 75.6 Å². The Kier molecular flexibility index (Phi) is 7.82. The van der Waals surface area contributed by atoms with Crippen LogP contribution in [0.25, 0.3) is 5.70 Å². The summed E-state index contributed by atoms with van der Waals surface area (Å²) in [6, 6.07) is 9.01. The number of rotatable bonds is 7. The maximum Gasteiger partial charge on any atom is 0.0669 e. The molecular formula is C29H40N2. The fourth-order valence-electron chi connectivity index (χ4n) is 5.54. The van der Waals surface area contributed by atoms with Gasteiger partial charge in [-0.15, -0.1) is 0 Å². The van der Waals surface area contributed by atoms with Gasteiger partial charge in [0.15, 0.2) is 0 Å². The van der Waals surface area contributed by atoms with Gasteiger partial charge in [0.1, 0.15) is 0 Å². The van der Waals surface area contributed by atoms with Gasteiger partial charge in [0.05, 0.1) is 12.5 Å². The molecule has 31 heavy (non-hydrogen) atoms. The molecule has 0 bridgehead atoms. The standard InChI is InChI=1S/C29H40N2/c1-6-8-25-11-13-29(21-24(25)7-2)14-17-31(18-15-29)23(5)26-9-10-27(19-22(3)4)28(20-26)12-16-30/h6,8-10,20,22H,5,7,11-15,17-19,21H2,1-4H3/b8-6-. The molecule has 1 spiro atoms. The maximum absolute atomic E-state index is 9.30. The summed E-state index contributed by atoms with van der Waals surface area (Å²) in [6.07, 6.45) is 13.6. The molecule has 1 saturated heterocycles. The smallest absolute Gasteiger partial charge is 0.0669 e. The first-order chi connectivity index (χ1) is 14.9. The van der Waals surface area contributed by atoms with Crippen LogP contribution in [0.1, 0.15) is 82.9 Å². The molecule has 0 saturated carbocycles. The third-order valence-corrected chi connectivity index (χ3v) is 7.40. The van der Waals surface area contributed by atoms with E-state index in [1.54, 1.807) is 11.1 Å². The molecule has 3 rings (SSSR count). The summed E-state index contributed by atoms with van der Waals surface area (Å²) in [7, 11) is 0. The van der Waals surface area contributed by atoms with Crippen LogP contribution in [0, 0.1) is 22.7 Å². The molecule has 0 amide bonds. The SMILES string of the molecule is C=C(c1ccc(CC(C)C)c(CC#N)c1)N1CCC2(CCC(/C=C\C)=C(CC)C2)CC1. The van der Waals surface area contributed by atoms with E-state index in [0.717, 1.165) is 25.2 Å². The van der Waals surface area contributed by atoms with E-state index in [0.29, 0.717) is 17.8 Å². The average Bonchev–Trinajstić information content (AvgIpc) is 2.76. The lowest BCUT2D eigenvalue weighted by Crippen LogP contribution is -2.40. The van der Waals surface area contributed by atoms with Gasteiger partial charge in [-0.05, 0) is 91.5 Å². The van der Waals surface area contributed by atoms with Crippen molar-refractivity contribution in [3.8, 4) is 6.07 Å². The second kappa shape index (κ2) is 10.4. The minimum atomic E-state index is 0.479. The highest BCUT2D eigenvalue weighted by Gasteiger charge is 2.37. The van der Waals surface area contributed by atoms with Crippen LogP contribution < -0.4 is 0 Å². The van der Waals surface area contributed by atoms with Crippen molar-refractivity contribution in [2.75, 3.05) is 13.1 Å². The fourth-order valence-corrected chi connectivity index (χ4v) is 5.54. The number of hydrogen-bond acceptors (Lipinski definition) is 2. The van der Waals surface area contributed by atoms with Gasteiger partial charge in [0, 0.05) is 18.8 Å². The van der Waals surface area contributed by atoms with Crippen molar-refractivity contribution in [2.45, 2.75) is 79.1 Å². The molecule has 1 heterocycles. The maximum atomic E-state index is 9.30. The Balaban J connectivity index is 1.69. The van der Waals surface area contributed by atoms with Gasteiger partial charge in [0.2, 0.25) is 0 Å². The Morgan fingerprint density at radius 1 is 1.23 bits per heavy atom. The molecule has 1 aromatic rings. The van der Waals surface area contributed by atoms with E-state index in [9.17, 15) is 5.26 Å². The lowest BCUT2D eigenvalue weighted by atomic mass is 9.65. The van der Waals surface area contributed by atoms with Crippen LogP contribution in [0.15, 0.2) is 48.1 Å². The number of nitrogens with zero attached hydrogens (tertiary/aromatic N) is 2.